The van der Waals surface area contributed by atoms with Gasteiger partial charge < -0.3 is 52.6 Å². The second kappa shape index (κ2) is 52.7. The second-order valence-electron chi connectivity index (χ2n) is 36.9. The molecule has 140 heavy (non-hydrogen) atoms. The van der Waals surface area contributed by atoms with Crippen LogP contribution in [0.15, 0.2) is 231 Å². The van der Waals surface area contributed by atoms with Crippen molar-refractivity contribution in [3.8, 4) is 40.2 Å². The predicted octanol–water partition coefficient (Wildman–Crippen LogP) is 19.5. The maximum Gasteiger partial charge on any atom is 0.311 e. The summed E-state index contributed by atoms with van der Waals surface area (Å²) in [5.41, 5.74) is 20.7. The van der Waals surface area contributed by atoms with Crippen LogP contribution >= 0.6 is 11.6 Å². The number of rotatable bonds is 28. The van der Waals surface area contributed by atoms with E-state index < -0.39 is 4.92 Å². The van der Waals surface area contributed by atoms with Gasteiger partial charge in [0.05, 0.1) is 62.5 Å². The van der Waals surface area contributed by atoms with Crippen LogP contribution in [0.4, 0.5) is 34.1 Å². The van der Waals surface area contributed by atoms with Crippen molar-refractivity contribution in [3.05, 3.63) is 344 Å². The number of fused-ring (bicyclic) bond motifs is 2. The van der Waals surface area contributed by atoms with E-state index in [0.29, 0.717) is 38.7 Å². The van der Waals surface area contributed by atoms with Crippen molar-refractivity contribution in [1.29, 1.82) is 0 Å². The molecule has 11 aromatic rings. The number of halogens is 1. The number of nitro groups is 3. The summed E-state index contributed by atoms with van der Waals surface area (Å²) < 4.78 is 43.7. The molecule has 28 heteroatoms. The minimum absolute atomic E-state index is 0.0135. The Hall–Kier alpha value is -12.4. The van der Waals surface area contributed by atoms with Crippen LogP contribution in [0.5, 0.6) is 40.2 Å². The Morgan fingerprint density at radius 2 is 0.729 bits per heavy atom. The van der Waals surface area contributed by atoms with Gasteiger partial charge in [0.15, 0.2) is 5.75 Å². The van der Waals surface area contributed by atoms with Gasteiger partial charge in [0.2, 0.25) is 0 Å². The molecule has 0 unspecified atom stereocenters. The number of aryl methyl sites for hydroxylation is 1. The average molecular weight is 1930 g/mol. The Kier molecular flexibility index (Phi) is 39.0. The first-order chi connectivity index (χ1) is 68.2. The van der Waals surface area contributed by atoms with Crippen LogP contribution in [0.25, 0.3) is 0 Å². The second-order valence-corrected chi connectivity index (χ2v) is 37.3. The molecule has 27 nitrogen and oxygen atoms in total. The first kappa shape index (κ1) is 103. The molecule has 8 aliphatic heterocycles. The highest BCUT2D eigenvalue weighted by atomic mass is 35.5. The van der Waals surface area contributed by atoms with Crippen LogP contribution in [0.3, 0.4) is 0 Å². The van der Waals surface area contributed by atoms with E-state index in [2.05, 4.69) is 205 Å². The van der Waals surface area contributed by atoms with Gasteiger partial charge in [-0.15, -0.1) is 0 Å². The zero-order chi connectivity index (χ0) is 98.1. The fourth-order valence-corrected chi connectivity index (χ4v) is 19.2. The molecule has 19 rings (SSSR count). The summed E-state index contributed by atoms with van der Waals surface area (Å²) in [6, 6.07) is 76.4. The Bertz CT molecular complexity index is 5770. The van der Waals surface area contributed by atoms with Crippen LogP contribution < -0.4 is 47.9 Å². The Balaban J connectivity index is 0.000000134. The van der Waals surface area contributed by atoms with E-state index >= 15 is 0 Å². The zero-order valence-corrected chi connectivity index (χ0v) is 83.5. The number of hydrogen-bond donors (Lipinski definition) is 0. The average Bonchev–Trinajstić information content (AvgIpc) is 1.59. The number of ether oxygens (including phenoxy) is 8. The van der Waals surface area contributed by atoms with Crippen molar-refractivity contribution < 1.29 is 52.7 Å². The molecule has 8 aliphatic rings. The third-order valence-electron chi connectivity index (χ3n) is 27.5. The van der Waals surface area contributed by atoms with E-state index in [1.807, 2.05) is 78.9 Å². The first-order valence-corrected chi connectivity index (χ1v) is 49.7. The molecule has 6 fully saturated rings. The van der Waals surface area contributed by atoms with Crippen molar-refractivity contribution in [1.82, 2.24) is 34.3 Å². The van der Waals surface area contributed by atoms with Gasteiger partial charge in [-0.2, -0.15) is 0 Å². The summed E-state index contributed by atoms with van der Waals surface area (Å²) in [6.07, 6.45) is 5.04. The SMILES string of the molecule is COc1ccc(CN2CCN(Cc3cccc(C)c3)CC2)cc1.COc1ccc(CN2CCN(Cc3ccccc3)CC2)c(C)c1C.COc1ccc(CN2CCOCC2)c(C)c1C.O=[N+]([O-])c1cc2c(cc1CN1CCN(c3cccc(Cl)c3)CC1)OCC2.O=[N+]([O-])c1cc2c(cc1CN1CCN(c3ccccc3)CC1)OCC2.O=[N+]([O-])c1ccc(N2CCCCC2)cc1OCCOc1ccccc1. The summed E-state index contributed by atoms with van der Waals surface area (Å²) >= 11 is 6.08. The lowest BCUT2D eigenvalue weighted by atomic mass is 10.0. The van der Waals surface area contributed by atoms with E-state index in [1.165, 1.54) is 73.8 Å². The maximum atomic E-state index is 11.5. The van der Waals surface area contributed by atoms with Gasteiger partial charge >= 0.3 is 5.69 Å². The number of hydrogen-bond acceptors (Lipinski definition) is 24. The quantitative estimate of drug-likeness (QED) is 0.0252. The molecule has 0 spiro atoms. The van der Waals surface area contributed by atoms with Crippen molar-refractivity contribution in [2.24, 2.45) is 0 Å². The number of nitrogens with zero attached hydrogens (tertiary/aromatic N) is 13. The number of anilines is 3. The van der Waals surface area contributed by atoms with Crippen LogP contribution in [0.2, 0.25) is 5.02 Å². The lowest BCUT2D eigenvalue weighted by Crippen LogP contribution is -2.46. The summed E-state index contributed by atoms with van der Waals surface area (Å²) in [5.74, 6) is 5.55. The number of methoxy groups -OCH3 is 3. The number of nitro benzene ring substituents is 3. The Labute approximate surface area is 831 Å². The highest BCUT2D eigenvalue weighted by Crippen LogP contribution is 2.38. The summed E-state index contributed by atoms with van der Waals surface area (Å²) in [6.45, 7) is 40.9. The minimum atomic E-state index is -0.409. The summed E-state index contributed by atoms with van der Waals surface area (Å²) in [5, 5.41) is 34.9. The van der Waals surface area contributed by atoms with Gasteiger partial charge in [0.25, 0.3) is 11.4 Å². The van der Waals surface area contributed by atoms with Crippen LogP contribution in [0, 0.1) is 65.0 Å². The number of piperazine rings is 4. The lowest BCUT2D eigenvalue weighted by molar-refractivity contribution is -0.386. The van der Waals surface area contributed by atoms with Gasteiger partial charge in [0.1, 0.15) is 47.7 Å². The fourth-order valence-electron chi connectivity index (χ4n) is 19.0. The highest BCUT2D eigenvalue weighted by molar-refractivity contribution is 6.30. The number of benzene rings is 11. The van der Waals surface area contributed by atoms with Crippen LogP contribution in [-0.2, 0) is 63.4 Å². The molecule has 0 N–H and O–H groups in total. The number of para-hydroxylation sites is 2. The van der Waals surface area contributed by atoms with E-state index in [1.54, 1.807) is 45.6 Å². The van der Waals surface area contributed by atoms with E-state index in [-0.39, 0.29) is 33.5 Å². The van der Waals surface area contributed by atoms with E-state index in [9.17, 15) is 30.3 Å². The fraction of sp³-hybridized carbons (Fsp3) is 0.411. The van der Waals surface area contributed by atoms with Crippen LogP contribution in [0.1, 0.15) is 97.2 Å². The monoisotopic (exact) mass is 1920 g/mol. The molecule has 0 saturated carbocycles. The van der Waals surface area contributed by atoms with Crippen molar-refractivity contribution >= 4 is 45.7 Å². The van der Waals surface area contributed by atoms with Gasteiger partial charge in [-0.05, 0) is 189 Å². The topological polar surface area (TPSA) is 236 Å². The molecule has 0 atom stereocenters. The molecule has 0 aliphatic carbocycles. The molecule has 0 bridgehead atoms. The molecule has 742 valence electrons. The highest BCUT2D eigenvalue weighted by Gasteiger charge is 2.30. The van der Waals surface area contributed by atoms with Crippen molar-refractivity contribution in [2.75, 3.05) is 207 Å². The molecule has 0 radical (unpaired) electrons. The molecule has 11 aromatic carbocycles. The largest absolute Gasteiger partial charge is 0.497 e. The molecule has 0 amide bonds. The molecule has 6 saturated heterocycles. The van der Waals surface area contributed by atoms with Gasteiger partial charge in [-0.25, -0.2) is 0 Å². The third-order valence-corrected chi connectivity index (χ3v) is 27.7. The summed E-state index contributed by atoms with van der Waals surface area (Å²) in [7, 11) is 5.18. The van der Waals surface area contributed by atoms with Gasteiger partial charge in [-0.3, -0.25) is 64.6 Å². The third kappa shape index (κ3) is 30.3. The van der Waals surface area contributed by atoms with Crippen molar-refractivity contribution in [2.45, 2.75) is 113 Å². The Morgan fingerprint density at radius 3 is 1.21 bits per heavy atom. The van der Waals surface area contributed by atoms with Crippen molar-refractivity contribution in [3.63, 3.8) is 0 Å². The minimum Gasteiger partial charge on any atom is -0.497 e. The Morgan fingerprint density at radius 1 is 0.314 bits per heavy atom. The molecule has 8 heterocycles. The normalized spacial score (nSPS) is 16.3. The predicted molar refractivity (Wildman–Crippen MR) is 557 cm³/mol. The lowest BCUT2D eigenvalue weighted by Gasteiger charge is -2.36. The van der Waals surface area contributed by atoms with E-state index in [4.69, 9.17) is 49.5 Å². The van der Waals surface area contributed by atoms with Gasteiger partial charge in [0, 0.05) is 258 Å². The maximum absolute atomic E-state index is 11.5. The number of morpholine rings is 1. The standard InChI is InChI=1S/C21H28N2O.C20H26N2O.C19H20ClN3O3.C19H21N3O3.C19H22N2O4.C14H21NO2/c1-17-18(2)21(24-3)10-9-20(17)16-23-13-11-22(12-14-23)15-19-7-5-4-6-8-19;1-17-4-3-5-19(14-17)16-22-12-10-21(11-13-22)15-18-6-8-20(23-2)9-7-18;20-16-2-1-3-17(12-16)22-7-5-21(6-8-22)13-15-11-19-14(4-9-26-19)10-18(15)23(24)25;23-22(24)18-12-15-6-11-25-19(15)13-16(18)14-20-7-9-21(10-8-20)17-4-2-1-3-5-17;22-21(23)18-10-9-16(20-11-5-2-6-12-20)15-19(18)25-14-13-24-17-7-3-1-4-8-17;1-11-12(2)14(16-3)5-4-13(11)10-15-6-8-17-9-7-15/h4-10H,11-16H2,1-3H3;3-9,14H,10-13,15-16H2,1-2H3;1-3,10-12H,4-9,13H2;1-5,12-13H,6-11,14H2;1,3-4,7-10,15H,2,5-6,11-14H2;4-5H,6-10H2,1-3H3. The van der Waals surface area contributed by atoms with Gasteiger partial charge in [-0.1, -0.05) is 138 Å². The smallest absolute Gasteiger partial charge is 0.311 e. The zero-order valence-electron chi connectivity index (χ0n) is 82.7. The molecule has 0 aromatic heterocycles. The van der Waals surface area contributed by atoms with Crippen LogP contribution in [-0.4, -0.2) is 241 Å². The number of piperidine rings is 1. The molecular weight excluding hydrogens is 1790 g/mol. The molecular formula is C112H138ClN13O14. The first-order valence-electron chi connectivity index (χ1n) is 49.3. The van der Waals surface area contributed by atoms with E-state index in [0.717, 1.165) is 276 Å². The summed E-state index contributed by atoms with van der Waals surface area (Å²) in [4.78, 5) is 57.3.